The molecule has 1 unspecified atom stereocenters. The summed E-state index contributed by atoms with van der Waals surface area (Å²) in [7, 11) is -0.899. The molecule has 0 aromatic rings. The van der Waals surface area contributed by atoms with Crippen LogP contribution in [0.2, 0.25) is 0 Å². The lowest BCUT2D eigenvalue weighted by Crippen LogP contribution is -2.33. The average molecular weight is 236 g/mol. The number of hydrogen-bond donors (Lipinski definition) is 1. The molecule has 5 heteroatoms. The molecule has 0 saturated heterocycles. The van der Waals surface area contributed by atoms with Gasteiger partial charge in [-0.1, -0.05) is 13.3 Å². The van der Waals surface area contributed by atoms with Crippen molar-refractivity contribution in [1.82, 2.24) is 4.90 Å². The van der Waals surface area contributed by atoms with Crippen LogP contribution in [0.5, 0.6) is 0 Å². The van der Waals surface area contributed by atoms with Gasteiger partial charge < -0.3 is 10.6 Å². The average Bonchev–Trinajstić information content (AvgIpc) is 2.13. The zero-order valence-corrected chi connectivity index (χ0v) is 10.9. The van der Waals surface area contributed by atoms with Crippen LogP contribution in [0.15, 0.2) is 0 Å². The first-order valence-corrected chi connectivity index (χ1v) is 7.51. The summed E-state index contributed by atoms with van der Waals surface area (Å²) in [5.41, 5.74) is 5.64. The summed E-state index contributed by atoms with van der Waals surface area (Å²) in [5.74, 6) is 0.715. The molecule has 0 radical (unpaired) electrons. The molecule has 0 amide bonds. The molecule has 2 N–H and O–H groups in total. The maximum absolute atomic E-state index is 11.0. The number of rotatable bonds is 8. The first-order chi connectivity index (χ1) is 6.89. The lowest BCUT2D eigenvalue weighted by Gasteiger charge is -2.22. The van der Waals surface area contributed by atoms with Gasteiger partial charge in [-0.2, -0.15) is 0 Å². The number of nitrogens with zero attached hydrogens (tertiary/aromatic N) is 1. The van der Waals surface area contributed by atoms with Crippen LogP contribution < -0.4 is 5.73 Å². The van der Waals surface area contributed by atoms with Gasteiger partial charge in [-0.25, -0.2) is 8.42 Å². The van der Waals surface area contributed by atoms with Gasteiger partial charge in [-0.3, -0.25) is 0 Å². The van der Waals surface area contributed by atoms with Crippen molar-refractivity contribution < 1.29 is 8.42 Å². The highest BCUT2D eigenvalue weighted by Gasteiger charge is 2.10. The number of sulfone groups is 1. The fourth-order valence-electron chi connectivity index (χ4n) is 1.55. The second-order valence-corrected chi connectivity index (χ2v) is 6.54. The lowest BCUT2D eigenvalue weighted by molar-refractivity contribution is 0.282. The predicted molar refractivity (Wildman–Crippen MR) is 64.7 cm³/mol. The molecule has 0 rings (SSSR count). The Morgan fingerprint density at radius 3 is 2.40 bits per heavy atom. The lowest BCUT2D eigenvalue weighted by atomic mass is 10.0. The Bertz CT molecular complexity index is 252. The summed E-state index contributed by atoms with van der Waals surface area (Å²) < 4.78 is 21.9. The van der Waals surface area contributed by atoms with E-state index >= 15 is 0 Å². The second-order valence-electron chi connectivity index (χ2n) is 4.28. The summed E-state index contributed by atoms with van der Waals surface area (Å²) in [6.07, 6.45) is 3.51. The Balaban J connectivity index is 3.85. The molecule has 92 valence electrons. The SMILES string of the molecule is CCCC(CN)CN(C)CCS(C)(=O)=O. The van der Waals surface area contributed by atoms with Gasteiger partial charge in [0, 0.05) is 19.3 Å². The minimum absolute atomic E-state index is 0.229. The zero-order chi connectivity index (χ0) is 11.9. The quantitative estimate of drug-likeness (QED) is 0.660. The third kappa shape index (κ3) is 8.84. The zero-order valence-electron chi connectivity index (χ0n) is 10.1. The van der Waals surface area contributed by atoms with E-state index in [2.05, 4.69) is 6.92 Å². The Morgan fingerprint density at radius 2 is 2.00 bits per heavy atom. The van der Waals surface area contributed by atoms with Crippen LogP contribution in [0.3, 0.4) is 0 Å². The van der Waals surface area contributed by atoms with Crippen molar-refractivity contribution in [3.8, 4) is 0 Å². The smallest absolute Gasteiger partial charge is 0.148 e. The normalized spacial score (nSPS) is 14.5. The van der Waals surface area contributed by atoms with E-state index in [1.165, 1.54) is 6.26 Å². The summed E-state index contributed by atoms with van der Waals surface area (Å²) in [6.45, 7) is 4.30. The van der Waals surface area contributed by atoms with Crippen molar-refractivity contribution in [3.63, 3.8) is 0 Å². The van der Waals surface area contributed by atoms with E-state index < -0.39 is 9.84 Å². The third-order valence-corrected chi connectivity index (χ3v) is 3.37. The van der Waals surface area contributed by atoms with Crippen LogP contribution in [0.25, 0.3) is 0 Å². The maximum atomic E-state index is 11.0. The Morgan fingerprint density at radius 1 is 1.40 bits per heavy atom. The molecule has 15 heavy (non-hydrogen) atoms. The predicted octanol–water partition coefficient (Wildman–Crippen LogP) is 0.338. The molecule has 0 aliphatic carbocycles. The topological polar surface area (TPSA) is 63.4 Å². The first-order valence-electron chi connectivity index (χ1n) is 5.45. The van der Waals surface area contributed by atoms with Crippen LogP contribution in [0.4, 0.5) is 0 Å². The monoisotopic (exact) mass is 236 g/mol. The van der Waals surface area contributed by atoms with Gasteiger partial charge in [-0.15, -0.1) is 0 Å². The highest BCUT2D eigenvalue weighted by atomic mass is 32.2. The fourth-order valence-corrected chi connectivity index (χ4v) is 2.19. The van der Waals surface area contributed by atoms with Crippen LogP contribution in [-0.2, 0) is 9.84 Å². The first kappa shape index (κ1) is 14.9. The molecular weight excluding hydrogens is 212 g/mol. The van der Waals surface area contributed by atoms with Crippen molar-refractivity contribution >= 4 is 9.84 Å². The van der Waals surface area contributed by atoms with Crippen molar-refractivity contribution in [3.05, 3.63) is 0 Å². The van der Waals surface area contributed by atoms with E-state index in [1.807, 2.05) is 11.9 Å². The highest BCUT2D eigenvalue weighted by Crippen LogP contribution is 2.06. The van der Waals surface area contributed by atoms with E-state index in [0.29, 0.717) is 19.0 Å². The molecule has 0 aliphatic heterocycles. The Kier molecular flexibility index (Phi) is 7.13. The maximum Gasteiger partial charge on any atom is 0.148 e. The standard InChI is InChI=1S/C10H24N2O2S/c1-4-5-10(8-11)9-12(2)6-7-15(3,13)14/h10H,4-9,11H2,1-3H3. The van der Waals surface area contributed by atoms with Gasteiger partial charge in [0.25, 0.3) is 0 Å². The van der Waals surface area contributed by atoms with Gasteiger partial charge >= 0.3 is 0 Å². The molecule has 0 saturated carbocycles. The molecule has 0 aromatic heterocycles. The van der Waals surface area contributed by atoms with Crippen molar-refractivity contribution in [1.29, 1.82) is 0 Å². The molecule has 0 fully saturated rings. The summed E-state index contributed by atoms with van der Waals surface area (Å²) in [6, 6.07) is 0. The minimum atomic E-state index is -2.85. The van der Waals surface area contributed by atoms with E-state index in [1.54, 1.807) is 0 Å². The molecule has 0 aliphatic rings. The second kappa shape index (κ2) is 7.19. The molecule has 4 nitrogen and oxygen atoms in total. The van der Waals surface area contributed by atoms with Crippen molar-refractivity contribution in [2.75, 3.05) is 38.7 Å². The Labute approximate surface area is 93.7 Å². The molecule has 0 spiro atoms. The van der Waals surface area contributed by atoms with Crippen molar-refractivity contribution in [2.45, 2.75) is 19.8 Å². The number of hydrogen-bond acceptors (Lipinski definition) is 4. The van der Waals surface area contributed by atoms with Gasteiger partial charge in [0.1, 0.15) is 9.84 Å². The largest absolute Gasteiger partial charge is 0.330 e. The summed E-state index contributed by atoms with van der Waals surface area (Å²) in [5, 5.41) is 0. The summed E-state index contributed by atoms with van der Waals surface area (Å²) >= 11 is 0. The van der Waals surface area contributed by atoms with Crippen molar-refractivity contribution in [2.24, 2.45) is 11.7 Å². The van der Waals surface area contributed by atoms with E-state index in [9.17, 15) is 8.42 Å². The van der Waals surface area contributed by atoms with Gasteiger partial charge in [-0.05, 0) is 25.9 Å². The van der Waals surface area contributed by atoms with E-state index in [0.717, 1.165) is 19.4 Å². The molecule has 1 atom stereocenters. The van der Waals surface area contributed by atoms with Gasteiger partial charge in [0.05, 0.1) is 5.75 Å². The van der Waals surface area contributed by atoms with Gasteiger partial charge in [0.15, 0.2) is 0 Å². The molecular formula is C10H24N2O2S. The van der Waals surface area contributed by atoms with Crippen LogP contribution in [0.1, 0.15) is 19.8 Å². The molecule has 0 aromatic carbocycles. The van der Waals surface area contributed by atoms with E-state index in [-0.39, 0.29) is 5.75 Å². The minimum Gasteiger partial charge on any atom is -0.330 e. The Hall–Kier alpha value is -0.130. The highest BCUT2D eigenvalue weighted by molar-refractivity contribution is 7.90. The van der Waals surface area contributed by atoms with Crippen LogP contribution in [-0.4, -0.2) is 52.0 Å². The van der Waals surface area contributed by atoms with Crippen LogP contribution >= 0.6 is 0 Å². The number of nitrogens with two attached hydrogens (primary N) is 1. The molecule has 0 bridgehead atoms. The third-order valence-electron chi connectivity index (χ3n) is 2.44. The molecule has 0 heterocycles. The summed E-state index contributed by atoms with van der Waals surface area (Å²) in [4.78, 5) is 2.05. The van der Waals surface area contributed by atoms with Crippen LogP contribution in [0, 0.1) is 5.92 Å². The fraction of sp³-hybridized carbons (Fsp3) is 1.00. The van der Waals surface area contributed by atoms with E-state index in [4.69, 9.17) is 5.73 Å². The van der Waals surface area contributed by atoms with Gasteiger partial charge in [0.2, 0.25) is 0 Å².